The van der Waals surface area contributed by atoms with Gasteiger partial charge < -0.3 is 0 Å². The van der Waals surface area contributed by atoms with E-state index in [-0.39, 0.29) is 5.91 Å². The Morgan fingerprint density at radius 2 is 2.12 bits per heavy atom. The smallest absolute Gasteiger partial charge is 0.267 e. The van der Waals surface area contributed by atoms with Crippen molar-refractivity contribution in [2.75, 3.05) is 0 Å². The molecule has 3 nitrogen and oxygen atoms in total. The Morgan fingerprint density at radius 3 is 2.75 bits per heavy atom. The number of rotatable bonds is 4. The molecule has 0 unspecified atom stereocenters. The second kappa shape index (κ2) is 6.43. The Hall–Kier alpha value is -1.16. The van der Waals surface area contributed by atoms with E-state index >= 15 is 0 Å². The van der Waals surface area contributed by atoms with E-state index < -0.39 is 0 Å². The van der Waals surface area contributed by atoms with Crippen LogP contribution in [-0.2, 0) is 0 Å². The lowest BCUT2D eigenvalue weighted by Crippen LogP contribution is -2.19. The molecular weight excluding hydrogens is 268 g/mol. The van der Waals surface area contributed by atoms with Crippen LogP contribution in [0.4, 0.5) is 0 Å². The number of benzene rings is 1. The molecule has 0 radical (unpaired) electrons. The molecule has 1 aromatic rings. The van der Waals surface area contributed by atoms with Crippen molar-refractivity contribution in [3.8, 4) is 0 Å². The molecule has 1 amide bonds. The first-order valence-corrected chi connectivity index (χ1v) is 6.02. The molecule has 0 saturated heterocycles. The molecule has 0 bridgehead atoms. The van der Waals surface area contributed by atoms with E-state index in [0.717, 1.165) is 23.0 Å². The van der Waals surface area contributed by atoms with Gasteiger partial charge >= 0.3 is 0 Å². The van der Waals surface area contributed by atoms with Crippen LogP contribution in [0.3, 0.4) is 0 Å². The normalized spacial score (nSPS) is 11.3. The van der Waals surface area contributed by atoms with Crippen LogP contribution in [0.25, 0.3) is 0 Å². The molecule has 0 aliphatic carbocycles. The highest BCUT2D eigenvalue weighted by Gasteiger charge is 2.07. The number of nitrogens with one attached hydrogen (secondary N) is 1. The lowest BCUT2D eigenvalue weighted by atomic mass is 10.2. The average molecular weight is 283 g/mol. The predicted octanol–water partition coefficient (Wildman–Crippen LogP) is 3.35. The van der Waals surface area contributed by atoms with Gasteiger partial charge in [-0.25, -0.2) is 5.43 Å². The minimum Gasteiger partial charge on any atom is -0.267 e. The van der Waals surface area contributed by atoms with Gasteiger partial charge in [-0.15, -0.1) is 0 Å². The maximum absolute atomic E-state index is 11.7. The molecule has 0 fully saturated rings. The summed E-state index contributed by atoms with van der Waals surface area (Å²) < 4.78 is 0.774. The molecule has 0 atom stereocenters. The molecule has 0 saturated carbocycles. The van der Waals surface area contributed by atoms with Crippen molar-refractivity contribution in [1.82, 2.24) is 5.43 Å². The van der Waals surface area contributed by atoms with E-state index in [1.54, 1.807) is 6.07 Å². The fourth-order valence-corrected chi connectivity index (χ4v) is 1.73. The Labute approximate surface area is 104 Å². The molecule has 0 spiro atoms. The predicted molar refractivity (Wildman–Crippen MR) is 69.6 cm³/mol. The zero-order valence-corrected chi connectivity index (χ0v) is 11.0. The molecule has 86 valence electrons. The van der Waals surface area contributed by atoms with Crippen LogP contribution >= 0.6 is 15.9 Å². The van der Waals surface area contributed by atoms with Crippen molar-refractivity contribution in [2.45, 2.75) is 26.7 Å². The minimum atomic E-state index is -0.192. The zero-order valence-electron chi connectivity index (χ0n) is 9.46. The maximum Gasteiger partial charge on any atom is 0.272 e. The second-order valence-corrected chi connectivity index (χ2v) is 4.37. The fraction of sp³-hybridized carbons (Fsp3) is 0.333. The fourth-order valence-electron chi connectivity index (χ4n) is 1.27. The third-order valence-corrected chi connectivity index (χ3v) is 2.77. The Kier molecular flexibility index (Phi) is 5.19. The van der Waals surface area contributed by atoms with Gasteiger partial charge in [-0.1, -0.05) is 25.5 Å². The average Bonchev–Trinajstić information content (AvgIpc) is 2.27. The first-order valence-electron chi connectivity index (χ1n) is 5.23. The third kappa shape index (κ3) is 3.77. The first kappa shape index (κ1) is 12.9. The molecule has 0 aromatic heterocycles. The molecule has 0 heterocycles. The summed E-state index contributed by atoms with van der Waals surface area (Å²) in [6.45, 7) is 3.98. The van der Waals surface area contributed by atoms with Gasteiger partial charge in [-0.2, -0.15) is 5.10 Å². The van der Waals surface area contributed by atoms with Crippen LogP contribution in [0.2, 0.25) is 0 Å². The summed E-state index contributed by atoms with van der Waals surface area (Å²) in [5.74, 6) is -0.192. The van der Waals surface area contributed by atoms with E-state index in [1.165, 1.54) is 0 Å². The van der Waals surface area contributed by atoms with E-state index in [2.05, 4.69) is 33.4 Å². The highest BCUT2D eigenvalue weighted by atomic mass is 79.9. The van der Waals surface area contributed by atoms with Crippen LogP contribution in [0.5, 0.6) is 0 Å². The van der Waals surface area contributed by atoms with Crippen LogP contribution in [0.1, 0.15) is 37.0 Å². The number of halogens is 1. The Morgan fingerprint density at radius 1 is 1.44 bits per heavy atom. The molecule has 4 heteroatoms. The number of hydrazone groups is 1. The van der Waals surface area contributed by atoms with Crippen LogP contribution in [-0.4, -0.2) is 11.6 Å². The summed E-state index contributed by atoms with van der Waals surface area (Å²) in [7, 11) is 0. The van der Waals surface area contributed by atoms with Crippen molar-refractivity contribution in [3.63, 3.8) is 0 Å². The summed E-state index contributed by atoms with van der Waals surface area (Å²) in [4.78, 5) is 11.7. The summed E-state index contributed by atoms with van der Waals surface area (Å²) in [6, 6.07) is 7.27. The standard InChI is InChI=1S/C12H15BrN2O/c1-3-6-9(2)14-15-12(16)10-7-4-5-8-11(10)13/h4-5,7-8H,3,6H2,1-2H3,(H,15,16)/b14-9-. The lowest BCUT2D eigenvalue weighted by molar-refractivity contribution is 0.0954. The Bertz CT molecular complexity index is 402. The number of amides is 1. The van der Waals surface area contributed by atoms with Gasteiger partial charge in [0.15, 0.2) is 0 Å². The van der Waals surface area contributed by atoms with E-state index in [0.29, 0.717) is 5.56 Å². The maximum atomic E-state index is 11.7. The van der Waals surface area contributed by atoms with E-state index in [9.17, 15) is 4.79 Å². The summed E-state index contributed by atoms with van der Waals surface area (Å²) >= 11 is 3.33. The largest absolute Gasteiger partial charge is 0.272 e. The molecule has 1 N–H and O–H groups in total. The second-order valence-electron chi connectivity index (χ2n) is 3.52. The minimum absolute atomic E-state index is 0.192. The molecular formula is C12H15BrN2O. The number of carbonyl (C=O) groups is 1. The quantitative estimate of drug-likeness (QED) is 0.668. The van der Waals surface area contributed by atoms with Crippen molar-refractivity contribution in [3.05, 3.63) is 34.3 Å². The number of carbonyl (C=O) groups excluding carboxylic acids is 1. The van der Waals surface area contributed by atoms with Crippen LogP contribution in [0.15, 0.2) is 33.8 Å². The van der Waals surface area contributed by atoms with Gasteiger partial charge in [0, 0.05) is 10.2 Å². The lowest BCUT2D eigenvalue weighted by Gasteiger charge is -2.03. The number of hydrogen-bond acceptors (Lipinski definition) is 2. The number of hydrogen-bond donors (Lipinski definition) is 1. The van der Waals surface area contributed by atoms with Gasteiger partial charge in [0.25, 0.3) is 5.91 Å². The molecule has 1 aromatic carbocycles. The molecule has 1 rings (SSSR count). The third-order valence-electron chi connectivity index (χ3n) is 2.08. The summed E-state index contributed by atoms with van der Waals surface area (Å²) in [5, 5.41) is 4.03. The van der Waals surface area contributed by atoms with Gasteiger partial charge in [0.05, 0.1) is 5.56 Å². The van der Waals surface area contributed by atoms with Gasteiger partial charge in [-0.05, 0) is 41.4 Å². The van der Waals surface area contributed by atoms with Crippen molar-refractivity contribution < 1.29 is 4.79 Å². The highest BCUT2D eigenvalue weighted by Crippen LogP contribution is 2.15. The van der Waals surface area contributed by atoms with Crippen molar-refractivity contribution >= 4 is 27.5 Å². The van der Waals surface area contributed by atoms with Gasteiger partial charge in [0.2, 0.25) is 0 Å². The molecule has 16 heavy (non-hydrogen) atoms. The van der Waals surface area contributed by atoms with Crippen LogP contribution in [0, 0.1) is 0 Å². The van der Waals surface area contributed by atoms with Crippen LogP contribution < -0.4 is 5.43 Å². The first-order chi connectivity index (χ1) is 7.65. The summed E-state index contributed by atoms with van der Waals surface area (Å²) in [6.07, 6.45) is 1.93. The molecule has 0 aliphatic heterocycles. The monoisotopic (exact) mass is 282 g/mol. The summed E-state index contributed by atoms with van der Waals surface area (Å²) in [5.41, 5.74) is 4.07. The topological polar surface area (TPSA) is 41.5 Å². The molecule has 0 aliphatic rings. The van der Waals surface area contributed by atoms with Gasteiger partial charge in [-0.3, -0.25) is 4.79 Å². The van der Waals surface area contributed by atoms with E-state index in [1.807, 2.05) is 25.1 Å². The van der Waals surface area contributed by atoms with Crippen molar-refractivity contribution in [2.24, 2.45) is 5.10 Å². The zero-order chi connectivity index (χ0) is 12.0. The SMILES string of the molecule is CCC/C(C)=N\NC(=O)c1ccccc1Br. The number of nitrogens with zero attached hydrogens (tertiary/aromatic N) is 1. The van der Waals surface area contributed by atoms with Gasteiger partial charge in [0.1, 0.15) is 0 Å². The van der Waals surface area contributed by atoms with Crippen molar-refractivity contribution in [1.29, 1.82) is 0 Å². The Balaban J connectivity index is 2.67. The van der Waals surface area contributed by atoms with E-state index in [4.69, 9.17) is 0 Å². The highest BCUT2D eigenvalue weighted by molar-refractivity contribution is 9.10.